The number of nitrogens with zero attached hydrogens (tertiary/aromatic N) is 6. The lowest BCUT2D eigenvalue weighted by Crippen LogP contribution is -2.49. The van der Waals surface area contributed by atoms with Gasteiger partial charge in [0.05, 0.1) is 22.2 Å². The average Bonchev–Trinajstić information content (AvgIpc) is 3.36. The summed E-state index contributed by atoms with van der Waals surface area (Å²) in [5, 5.41) is 10.5. The van der Waals surface area contributed by atoms with Gasteiger partial charge in [-0.25, -0.2) is 9.97 Å². The van der Waals surface area contributed by atoms with Crippen LogP contribution in [0.3, 0.4) is 0 Å². The molecule has 2 aromatic heterocycles. The summed E-state index contributed by atoms with van der Waals surface area (Å²) in [5.74, 6) is 1.61. The van der Waals surface area contributed by atoms with Gasteiger partial charge in [0.15, 0.2) is 0 Å². The van der Waals surface area contributed by atoms with Gasteiger partial charge in [0.25, 0.3) is 5.91 Å². The van der Waals surface area contributed by atoms with E-state index in [1.54, 1.807) is 6.20 Å². The summed E-state index contributed by atoms with van der Waals surface area (Å²) < 4.78 is 2.02. The predicted molar refractivity (Wildman–Crippen MR) is 121 cm³/mol. The number of imidazole rings is 1. The van der Waals surface area contributed by atoms with Crippen LogP contribution in [-0.2, 0) is 7.05 Å². The maximum atomic E-state index is 13.1. The SMILES string of the molecule is Cn1c(N2CC[C@H](O)C2)nc2cc(C(=O)N3CCN(c4ncccc4Cl)CC3)ccc21. The second-order valence-corrected chi connectivity index (χ2v) is 8.56. The number of hydrogen-bond donors (Lipinski definition) is 1. The van der Waals surface area contributed by atoms with Crippen LogP contribution in [0.1, 0.15) is 16.8 Å². The van der Waals surface area contributed by atoms with E-state index in [9.17, 15) is 9.90 Å². The van der Waals surface area contributed by atoms with Crippen molar-refractivity contribution in [2.75, 3.05) is 49.1 Å². The summed E-state index contributed by atoms with van der Waals surface area (Å²) in [6, 6.07) is 9.35. The summed E-state index contributed by atoms with van der Waals surface area (Å²) in [5.41, 5.74) is 2.41. The van der Waals surface area contributed by atoms with E-state index in [0.717, 1.165) is 35.8 Å². The molecule has 2 saturated heterocycles. The quantitative estimate of drug-likeness (QED) is 0.672. The minimum absolute atomic E-state index is 0.0115. The summed E-state index contributed by atoms with van der Waals surface area (Å²) >= 11 is 6.27. The van der Waals surface area contributed by atoms with Crippen molar-refractivity contribution in [1.29, 1.82) is 0 Å². The molecule has 3 aromatic rings. The largest absolute Gasteiger partial charge is 0.391 e. The van der Waals surface area contributed by atoms with E-state index in [-0.39, 0.29) is 12.0 Å². The van der Waals surface area contributed by atoms with Gasteiger partial charge < -0.3 is 24.4 Å². The van der Waals surface area contributed by atoms with E-state index in [0.29, 0.717) is 43.3 Å². The van der Waals surface area contributed by atoms with Crippen molar-refractivity contribution in [3.63, 3.8) is 0 Å². The fourth-order valence-electron chi connectivity index (χ4n) is 4.44. The van der Waals surface area contributed by atoms with Crippen LogP contribution in [0, 0.1) is 0 Å². The Bertz CT molecular complexity index is 1120. The fraction of sp³-hybridized carbons (Fsp3) is 0.409. The van der Waals surface area contributed by atoms with Crippen molar-refractivity contribution >= 4 is 40.3 Å². The zero-order valence-electron chi connectivity index (χ0n) is 17.4. The van der Waals surface area contributed by atoms with Crippen LogP contribution in [-0.4, -0.2) is 75.8 Å². The molecule has 8 nitrogen and oxygen atoms in total. The highest BCUT2D eigenvalue weighted by Crippen LogP contribution is 2.27. The van der Waals surface area contributed by atoms with Crippen molar-refractivity contribution in [1.82, 2.24) is 19.4 Å². The predicted octanol–water partition coefficient (Wildman–Crippen LogP) is 2.16. The lowest BCUT2D eigenvalue weighted by atomic mass is 10.1. The molecule has 2 aliphatic heterocycles. The Kier molecular flexibility index (Phi) is 5.19. The van der Waals surface area contributed by atoms with Crippen LogP contribution >= 0.6 is 11.6 Å². The number of fused-ring (bicyclic) bond motifs is 1. The molecule has 9 heteroatoms. The topological polar surface area (TPSA) is 77.7 Å². The molecule has 0 saturated carbocycles. The summed E-state index contributed by atoms with van der Waals surface area (Å²) in [7, 11) is 1.97. The molecule has 1 amide bonds. The van der Waals surface area contributed by atoms with Crippen LogP contribution in [0.15, 0.2) is 36.5 Å². The molecule has 0 spiro atoms. The molecule has 2 fully saturated rings. The van der Waals surface area contributed by atoms with Crippen molar-refractivity contribution in [3.8, 4) is 0 Å². The van der Waals surface area contributed by atoms with Crippen molar-refractivity contribution < 1.29 is 9.90 Å². The molecule has 1 atom stereocenters. The number of rotatable bonds is 3. The smallest absolute Gasteiger partial charge is 0.254 e. The Hall–Kier alpha value is -2.84. The number of amides is 1. The van der Waals surface area contributed by atoms with Gasteiger partial charge in [-0.15, -0.1) is 0 Å². The van der Waals surface area contributed by atoms with E-state index >= 15 is 0 Å². The molecule has 4 heterocycles. The monoisotopic (exact) mass is 440 g/mol. The molecular formula is C22H25ClN6O2. The van der Waals surface area contributed by atoms with Crippen LogP contribution in [0.4, 0.5) is 11.8 Å². The van der Waals surface area contributed by atoms with E-state index in [2.05, 4.69) is 14.8 Å². The van der Waals surface area contributed by atoms with Crippen LogP contribution < -0.4 is 9.80 Å². The third-order valence-corrected chi connectivity index (χ3v) is 6.45. The number of hydrogen-bond acceptors (Lipinski definition) is 6. The summed E-state index contributed by atoms with van der Waals surface area (Å²) in [4.78, 5) is 28.3. The number of pyridine rings is 1. The molecular weight excluding hydrogens is 416 g/mol. The maximum absolute atomic E-state index is 13.1. The standard InChI is InChI=1S/C22H25ClN6O2/c1-26-19-5-4-15(13-18(19)25-22(26)29-8-6-16(30)14-29)21(31)28-11-9-27(10-12-28)20-17(23)3-2-7-24-20/h2-5,7,13,16,30H,6,8-12,14H2,1H3/t16-/m0/s1. The number of carbonyl (C=O) groups excluding carboxylic acids is 1. The minimum atomic E-state index is -0.309. The Morgan fingerprint density at radius 2 is 1.94 bits per heavy atom. The molecule has 1 aromatic carbocycles. The fourth-order valence-corrected chi connectivity index (χ4v) is 4.68. The molecule has 0 bridgehead atoms. The molecule has 0 radical (unpaired) electrons. The number of β-amino-alcohol motifs (C(OH)–C–C–N with tert-alkyl or cyclic N) is 1. The number of piperazine rings is 1. The molecule has 2 aliphatic rings. The average molecular weight is 441 g/mol. The van der Waals surface area contributed by atoms with Gasteiger partial charge in [-0.1, -0.05) is 11.6 Å². The molecule has 0 unspecified atom stereocenters. The number of benzene rings is 1. The highest BCUT2D eigenvalue weighted by molar-refractivity contribution is 6.32. The lowest BCUT2D eigenvalue weighted by Gasteiger charge is -2.35. The minimum Gasteiger partial charge on any atom is -0.391 e. The number of aryl methyl sites for hydroxylation is 1. The normalized spacial score (nSPS) is 19.5. The maximum Gasteiger partial charge on any atom is 0.254 e. The zero-order chi connectivity index (χ0) is 21.5. The molecule has 0 aliphatic carbocycles. The van der Waals surface area contributed by atoms with Crippen molar-refractivity contribution in [2.45, 2.75) is 12.5 Å². The zero-order valence-corrected chi connectivity index (χ0v) is 18.2. The van der Waals surface area contributed by atoms with E-state index in [1.165, 1.54) is 0 Å². The summed E-state index contributed by atoms with van der Waals surface area (Å²) in [6.07, 6.45) is 2.18. The van der Waals surface area contributed by atoms with E-state index in [4.69, 9.17) is 16.6 Å². The number of aromatic nitrogens is 3. The summed E-state index contributed by atoms with van der Waals surface area (Å²) in [6.45, 7) is 3.99. The third-order valence-electron chi connectivity index (χ3n) is 6.16. The molecule has 162 valence electrons. The Balaban J connectivity index is 1.32. The van der Waals surface area contributed by atoms with Crippen molar-refractivity contribution in [2.24, 2.45) is 7.05 Å². The molecule has 31 heavy (non-hydrogen) atoms. The second kappa shape index (κ2) is 8.01. The highest BCUT2D eigenvalue weighted by Gasteiger charge is 2.26. The van der Waals surface area contributed by atoms with E-state index in [1.807, 2.05) is 46.8 Å². The van der Waals surface area contributed by atoms with Gasteiger partial charge in [0.1, 0.15) is 5.82 Å². The number of anilines is 2. The van der Waals surface area contributed by atoms with Crippen LogP contribution in [0.2, 0.25) is 5.02 Å². The number of carbonyl (C=O) groups is 1. The van der Waals surface area contributed by atoms with Gasteiger partial charge in [-0.3, -0.25) is 4.79 Å². The highest BCUT2D eigenvalue weighted by atomic mass is 35.5. The number of aliphatic hydroxyl groups excluding tert-OH is 1. The lowest BCUT2D eigenvalue weighted by molar-refractivity contribution is 0.0746. The second-order valence-electron chi connectivity index (χ2n) is 8.15. The van der Waals surface area contributed by atoms with Gasteiger partial charge in [-0.05, 0) is 36.8 Å². The number of halogens is 1. The Morgan fingerprint density at radius 3 is 2.65 bits per heavy atom. The molecule has 1 N–H and O–H groups in total. The van der Waals surface area contributed by atoms with Gasteiger partial charge in [0.2, 0.25) is 5.95 Å². The third kappa shape index (κ3) is 3.70. The van der Waals surface area contributed by atoms with E-state index < -0.39 is 0 Å². The van der Waals surface area contributed by atoms with Gasteiger partial charge >= 0.3 is 0 Å². The first-order valence-electron chi connectivity index (χ1n) is 10.6. The first-order chi connectivity index (χ1) is 15.0. The first-order valence-corrected chi connectivity index (χ1v) is 10.9. The van der Waals surface area contributed by atoms with Crippen LogP contribution in [0.5, 0.6) is 0 Å². The molecule has 5 rings (SSSR count). The van der Waals surface area contributed by atoms with Gasteiger partial charge in [-0.2, -0.15) is 0 Å². The number of aliphatic hydroxyl groups is 1. The van der Waals surface area contributed by atoms with Gasteiger partial charge in [0, 0.05) is 58.1 Å². The first kappa shape index (κ1) is 20.1. The Morgan fingerprint density at radius 1 is 1.13 bits per heavy atom. The Labute approximate surface area is 185 Å². The van der Waals surface area contributed by atoms with Crippen LogP contribution in [0.25, 0.3) is 11.0 Å². The van der Waals surface area contributed by atoms with Crippen molar-refractivity contribution in [3.05, 3.63) is 47.1 Å².